The third-order valence-electron chi connectivity index (χ3n) is 5.06. The van der Waals surface area contributed by atoms with Gasteiger partial charge < -0.3 is 4.98 Å². The first kappa shape index (κ1) is 18.9. The number of imidazole rings is 1. The van der Waals surface area contributed by atoms with E-state index in [1.54, 1.807) is 6.07 Å². The minimum Gasteiger partial charge on any atom is -0.340 e. The van der Waals surface area contributed by atoms with Gasteiger partial charge in [0.1, 0.15) is 18.2 Å². The standard InChI is InChI=1S/C22H22ClFN3O/c23-22(15-7-8-15)16-9-10-18-19(12-16)27-20(26-18)13-25-21(28)6-2-4-14-3-1-5-17(24)11-14/h1,3,5,9-12,15,22H,2,4,6-8,13H2,(H,26,27). The Kier molecular flexibility index (Phi) is 5.62. The number of aromatic amines is 1. The van der Waals surface area contributed by atoms with Gasteiger partial charge in [-0.15, -0.1) is 11.6 Å². The van der Waals surface area contributed by atoms with Crippen molar-refractivity contribution in [3.8, 4) is 0 Å². The number of fused-ring (bicyclic) bond motifs is 1. The Bertz CT molecular complexity index is 983. The lowest BCUT2D eigenvalue weighted by atomic mass is 10.1. The molecule has 4 nitrogen and oxygen atoms in total. The average molecular weight is 399 g/mol. The van der Waals surface area contributed by atoms with E-state index in [1.807, 2.05) is 24.3 Å². The van der Waals surface area contributed by atoms with E-state index < -0.39 is 0 Å². The van der Waals surface area contributed by atoms with Gasteiger partial charge in [0.15, 0.2) is 0 Å². The van der Waals surface area contributed by atoms with Crippen LogP contribution in [0.2, 0.25) is 0 Å². The van der Waals surface area contributed by atoms with Gasteiger partial charge >= 0.3 is 0 Å². The lowest BCUT2D eigenvalue weighted by Gasteiger charge is -2.07. The Labute approximate surface area is 168 Å². The van der Waals surface area contributed by atoms with Crippen molar-refractivity contribution in [2.24, 2.45) is 5.92 Å². The first-order chi connectivity index (χ1) is 13.6. The molecule has 1 radical (unpaired) electrons. The number of H-pyrrole nitrogens is 1. The van der Waals surface area contributed by atoms with Crippen LogP contribution in [0.4, 0.5) is 4.39 Å². The highest BCUT2D eigenvalue weighted by molar-refractivity contribution is 6.21. The smallest absolute Gasteiger partial charge is 0.241 e. The molecule has 1 heterocycles. The van der Waals surface area contributed by atoms with Crippen LogP contribution in [0.3, 0.4) is 0 Å². The van der Waals surface area contributed by atoms with Crippen LogP contribution in [-0.2, 0) is 17.8 Å². The largest absolute Gasteiger partial charge is 0.340 e. The molecule has 0 saturated heterocycles. The minimum absolute atomic E-state index is 0.0560. The summed E-state index contributed by atoms with van der Waals surface area (Å²) >= 11 is 6.50. The van der Waals surface area contributed by atoms with Crippen molar-refractivity contribution in [3.63, 3.8) is 0 Å². The second kappa shape index (κ2) is 8.31. The molecule has 1 fully saturated rings. The number of hydrogen-bond acceptors (Lipinski definition) is 2. The van der Waals surface area contributed by atoms with E-state index in [0.29, 0.717) is 31.0 Å². The van der Waals surface area contributed by atoms with E-state index in [9.17, 15) is 9.18 Å². The lowest BCUT2D eigenvalue weighted by Crippen LogP contribution is -2.15. The van der Waals surface area contributed by atoms with Crippen LogP contribution in [0.1, 0.15) is 48.0 Å². The second-order valence-electron chi connectivity index (χ2n) is 7.39. The summed E-state index contributed by atoms with van der Waals surface area (Å²) in [6.07, 6.45) is 4.04. The van der Waals surface area contributed by atoms with Gasteiger partial charge in [-0.05, 0) is 67.0 Å². The molecule has 4 rings (SSSR count). The van der Waals surface area contributed by atoms with Crippen LogP contribution < -0.4 is 5.32 Å². The highest BCUT2D eigenvalue weighted by Crippen LogP contribution is 2.45. The molecule has 0 spiro atoms. The molecular formula is C22H22ClFN3O. The maximum Gasteiger partial charge on any atom is 0.241 e. The fraction of sp³-hybridized carbons (Fsp3) is 0.364. The molecule has 2 aromatic carbocycles. The number of halogens is 2. The zero-order valence-corrected chi connectivity index (χ0v) is 16.3. The molecule has 1 unspecified atom stereocenters. The third-order valence-corrected chi connectivity index (χ3v) is 5.67. The van der Waals surface area contributed by atoms with Gasteiger partial charge in [0.2, 0.25) is 5.91 Å². The molecule has 3 aromatic rings. The van der Waals surface area contributed by atoms with Gasteiger partial charge in [0, 0.05) is 6.42 Å². The Morgan fingerprint density at radius 2 is 2.14 bits per heavy atom. The summed E-state index contributed by atoms with van der Waals surface area (Å²) in [5.74, 6) is 0.843. The van der Waals surface area contributed by atoms with Crippen LogP contribution >= 0.6 is 11.6 Å². The lowest BCUT2D eigenvalue weighted by molar-refractivity contribution is -0.121. The fourth-order valence-corrected chi connectivity index (χ4v) is 3.75. The molecule has 0 aliphatic heterocycles. The number of rotatable bonds is 8. The van der Waals surface area contributed by atoms with E-state index >= 15 is 0 Å². The van der Waals surface area contributed by atoms with Crippen molar-refractivity contribution in [1.29, 1.82) is 0 Å². The molecule has 1 amide bonds. The van der Waals surface area contributed by atoms with Gasteiger partial charge in [-0.25, -0.2) is 14.7 Å². The van der Waals surface area contributed by atoms with Crippen LogP contribution in [0.25, 0.3) is 11.0 Å². The maximum absolute atomic E-state index is 13.2. The van der Waals surface area contributed by atoms with Crippen molar-refractivity contribution in [2.45, 2.75) is 44.0 Å². The summed E-state index contributed by atoms with van der Waals surface area (Å²) in [7, 11) is 0. The molecule has 145 valence electrons. The monoisotopic (exact) mass is 398 g/mol. The number of alkyl halides is 1. The van der Waals surface area contributed by atoms with E-state index in [2.05, 4.69) is 15.3 Å². The molecule has 1 aliphatic carbocycles. The van der Waals surface area contributed by atoms with Gasteiger partial charge in [0.25, 0.3) is 0 Å². The van der Waals surface area contributed by atoms with E-state index in [-0.39, 0.29) is 23.6 Å². The summed E-state index contributed by atoms with van der Waals surface area (Å²) in [5, 5.41) is 4.16. The third kappa shape index (κ3) is 4.71. The number of amides is 1. The Morgan fingerprint density at radius 1 is 1.29 bits per heavy atom. The molecule has 1 saturated carbocycles. The van der Waals surface area contributed by atoms with Crippen LogP contribution in [0.5, 0.6) is 0 Å². The van der Waals surface area contributed by atoms with E-state index in [0.717, 1.165) is 22.2 Å². The molecule has 1 aromatic heterocycles. The van der Waals surface area contributed by atoms with Crippen molar-refractivity contribution < 1.29 is 9.18 Å². The minimum atomic E-state index is -0.251. The molecule has 6 heteroatoms. The van der Waals surface area contributed by atoms with Crippen molar-refractivity contribution in [2.75, 3.05) is 0 Å². The molecule has 28 heavy (non-hydrogen) atoms. The number of hydrogen-bond donors (Lipinski definition) is 1. The first-order valence-electron chi connectivity index (χ1n) is 9.66. The number of carbonyl (C=O) groups excluding carboxylic acids is 1. The van der Waals surface area contributed by atoms with Crippen LogP contribution in [-0.4, -0.2) is 15.9 Å². The maximum atomic E-state index is 13.2. The highest BCUT2D eigenvalue weighted by Gasteiger charge is 2.30. The summed E-state index contributed by atoms with van der Waals surface area (Å²) in [6, 6.07) is 12.5. The fourth-order valence-electron chi connectivity index (χ4n) is 3.37. The Morgan fingerprint density at radius 3 is 2.93 bits per heavy atom. The highest BCUT2D eigenvalue weighted by atomic mass is 35.5. The SMILES string of the molecule is O=C(CCCc1cccc(F)c1)[N]Cc1nc2ccc(C(Cl)C3CC3)cc2[nH]1. The molecule has 1 N–H and O–H groups in total. The van der Waals surface area contributed by atoms with Crippen molar-refractivity contribution in [3.05, 3.63) is 65.2 Å². The van der Waals surface area contributed by atoms with Crippen molar-refractivity contribution >= 4 is 28.5 Å². The molecular weight excluding hydrogens is 377 g/mol. The number of carbonyl (C=O) groups is 1. The zero-order valence-electron chi connectivity index (χ0n) is 15.5. The first-order valence-corrected chi connectivity index (χ1v) is 10.1. The molecule has 0 bridgehead atoms. The average Bonchev–Trinajstić information content (AvgIpc) is 3.45. The summed E-state index contributed by atoms with van der Waals surface area (Å²) in [6.45, 7) is 0.232. The zero-order chi connectivity index (χ0) is 19.5. The van der Waals surface area contributed by atoms with Crippen LogP contribution in [0.15, 0.2) is 42.5 Å². The summed E-state index contributed by atoms with van der Waals surface area (Å²) in [5.41, 5.74) is 3.78. The number of benzene rings is 2. The van der Waals surface area contributed by atoms with E-state index in [1.165, 1.54) is 25.0 Å². The summed E-state index contributed by atoms with van der Waals surface area (Å²) in [4.78, 5) is 19.7. The predicted octanol–water partition coefficient (Wildman–Crippen LogP) is 5.05. The van der Waals surface area contributed by atoms with Gasteiger partial charge in [-0.2, -0.15) is 0 Å². The number of aryl methyl sites for hydroxylation is 1. The molecule has 1 aliphatic rings. The Balaban J connectivity index is 1.27. The van der Waals surface area contributed by atoms with Gasteiger partial charge in [0.05, 0.1) is 16.4 Å². The van der Waals surface area contributed by atoms with Gasteiger partial charge in [-0.1, -0.05) is 18.2 Å². The quantitative estimate of drug-likeness (QED) is 0.540. The number of aromatic nitrogens is 2. The normalized spacial score (nSPS) is 14.9. The Hall–Kier alpha value is -2.40. The van der Waals surface area contributed by atoms with Gasteiger partial charge in [-0.3, -0.25) is 4.79 Å². The van der Waals surface area contributed by atoms with Crippen LogP contribution in [0, 0.1) is 11.7 Å². The number of nitrogens with zero attached hydrogens (tertiary/aromatic N) is 2. The van der Waals surface area contributed by atoms with E-state index in [4.69, 9.17) is 11.6 Å². The number of nitrogens with one attached hydrogen (secondary N) is 1. The van der Waals surface area contributed by atoms with Crippen molar-refractivity contribution in [1.82, 2.24) is 15.3 Å². The molecule has 1 atom stereocenters. The second-order valence-corrected chi connectivity index (χ2v) is 7.86. The predicted molar refractivity (Wildman–Crippen MR) is 108 cm³/mol. The summed E-state index contributed by atoms with van der Waals surface area (Å²) < 4.78 is 13.2. The topological polar surface area (TPSA) is 59.9 Å².